The second-order valence-electron chi connectivity index (χ2n) is 3.09. The standard InChI is InChI=1S/C11H12N2O3/c1-16-9-3-2-8(7-12)10(6-9)13-5-4-11(14)15/h2-3,6,13H,4-5H2,1H3,(H,14,15). The molecule has 0 amide bonds. The largest absolute Gasteiger partial charge is 0.497 e. The Hall–Kier alpha value is -2.22. The van der Waals surface area contributed by atoms with Gasteiger partial charge in [-0.15, -0.1) is 0 Å². The van der Waals surface area contributed by atoms with Crippen LogP contribution in [0.1, 0.15) is 12.0 Å². The van der Waals surface area contributed by atoms with Crippen LogP contribution in [0.3, 0.4) is 0 Å². The highest BCUT2D eigenvalue weighted by Gasteiger charge is 2.04. The van der Waals surface area contributed by atoms with E-state index >= 15 is 0 Å². The van der Waals surface area contributed by atoms with E-state index in [1.165, 1.54) is 7.11 Å². The number of carboxylic acid groups (broad SMARTS) is 1. The Bertz CT molecular complexity index is 424. The summed E-state index contributed by atoms with van der Waals surface area (Å²) in [6.45, 7) is 0.275. The van der Waals surface area contributed by atoms with Crippen LogP contribution in [0.2, 0.25) is 0 Å². The zero-order valence-electron chi connectivity index (χ0n) is 8.86. The van der Waals surface area contributed by atoms with E-state index in [-0.39, 0.29) is 13.0 Å². The maximum Gasteiger partial charge on any atom is 0.305 e. The van der Waals surface area contributed by atoms with Crippen molar-refractivity contribution in [2.24, 2.45) is 0 Å². The SMILES string of the molecule is COc1ccc(C#N)c(NCCC(=O)O)c1. The highest BCUT2D eigenvalue weighted by Crippen LogP contribution is 2.21. The van der Waals surface area contributed by atoms with E-state index < -0.39 is 5.97 Å². The highest BCUT2D eigenvalue weighted by molar-refractivity contribution is 5.68. The Morgan fingerprint density at radius 1 is 1.62 bits per heavy atom. The van der Waals surface area contributed by atoms with E-state index in [0.717, 1.165) is 0 Å². The van der Waals surface area contributed by atoms with Crippen molar-refractivity contribution < 1.29 is 14.6 Å². The maximum atomic E-state index is 10.3. The molecule has 0 aliphatic heterocycles. The molecule has 0 radical (unpaired) electrons. The normalized spacial score (nSPS) is 9.25. The molecule has 0 heterocycles. The number of nitriles is 1. The fourth-order valence-electron chi connectivity index (χ4n) is 1.20. The molecule has 0 aromatic heterocycles. The van der Waals surface area contributed by atoms with Crippen LogP contribution in [0.4, 0.5) is 5.69 Å². The minimum Gasteiger partial charge on any atom is -0.497 e. The van der Waals surface area contributed by atoms with Crippen molar-refractivity contribution in [2.45, 2.75) is 6.42 Å². The third-order valence-electron chi connectivity index (χ3n) is 2.00. The summed E-state index contributed by atoms with van der Waals surface area (Å²) in [6.07, 6.45) is 0.00206. The second kappa shape index (κ2) is 5.61. The van der Waals surface area contributed by atoms with Crippen LogP contribution < -0.4 is 10.1 Å². The zero-order valence-corrected chi connectivity index (χ0v) is 8.86. The summed E-state index contributed by atoms with van der Waals surface area (Å²) in [5.74, 6) is -0.259. The Balaban J connectivity index is 2.76. The van der Waals surface area contributed by atoms with Crippen LogP contribution in [0, 0.1) is 11.3 Å². The number of rotatable bonds is 5. The first-order valence-electron chi connectivity index (χ1n) is 4.71. The van der Waals surface area contributed by atoms with E-state index in [0.29, 0.717) is 17.0 Å². The molecule has 1 aromatic rings. The molecule has 1 aromatic carbocycles. The lowest BCUT2D eigenvalue weighted by molar-refractivity contribution is -0.136. The predicted octanol–water partition coefficient (Wildman–Crippen LogP) is 1.45. The quantitative estimate of drug-likeness (QED) is 0.784. The van der Waals surface area contributed by atoms with Crippen LogP contribution in [-0.4, -0.2) is 24.7 Å². The summed E-state index contributed by atoms with van der Waals surface area (Å²) in [7, 11) is 1.53. The summed E-state index contributed by atoms with van der Waals surface area (Å²) in [5, 5.41) is 20.2. The number of anilines is 1. The lowest BCUT2D eigenvalue weighted by Gasteiger charge is -2.08. The molecular weight excluding hydrogens is 208 g/mol. The lowest BCUT2D eigenvalue weighted by Crippen LogP contribution is -2.08. The van der Waals surface area contributed by atoms with E-state index in [9.17, 15) is 4.79 Å². The Kier molecular flexibility index (Phi) is 4.16. The van der Waals surface area contributed by atoms with Gasteiger partial charge in [0.25, 0.3) is 0 Å². The summed E-state index contributed by atoms with van der Waals surface area (Å²) in [6, 6.07) is 6.99. The summed E-state index contributed by atoms with van der Waals surface area (Å²) in [5.41, 5.74) is 1.05. The molecule has 0 saturated heterocycles. The lowest BCUT2D eigenvalue weighted by atomic mass is 10.2. The van der Waals surface area contributed by atoms with Gasteiger partial charge in [0, 0.05) is 12.6 Å². The zero-order chi connectivity index (χ0) is 12.0. The van der Waals surface area contributed by atoms with Crippen LogP contribution in [0.5, 0.6) is 5.75 Å². The summed E-state index contributed by atoms with van der Waals surface area (Å²) in [4.78, 5) is 10.3. The number of nitrogens with one attached hydrogen (secondary N) is 1. The Morgan fingerprint density at radius 2 is 2.38 bits per heavy atom. The molecular formula is C11H12N2O3. The molecule has 0 aliphatic rings. The first kappa shape index (κ1) is 11.9. The third-order valence-corrected chi connectivity index (χ3v) is 2.00. The molecule has 0 atom stereocenters. The van der Waals surface area contributed by atoms with E-state index in [2.05, 4.69) is 5.32 Å². The predicted molar refractivity (Wildman–Crippen MR) is 58.5 cm³/mol. The monoisotopic (exact) mass is 220 g/mol. The molecule has 5 nitrogen and oxygen atoms in total. The van der Waals surface area contributed by atoms with E-state index in [4.69, 9.17) is 15.1 Å². The van der Waals surface area contributed by atoms with Gasteiger partial charge in [-0.25, -0.2) is 0 Å². The van der Waals surface area contributed by atoms with Crippen molar-refractivity contribution in [3.8, 4) is 11.8 Å². The molecule has 16 heavy (non-hydrogen) atoms. The first-order chi connectivity index (χ1) is 7.67. The molecule has 0 unspecified atom stereocenters. The minimum atomic E-state index is -0.881. The molecule has 5 heteroatoms. The molecule has 0 saturated carbocycles. The van der Waals surface area contributed by atoms with Crippen molar-refractivity contribution in [2.75, 3.05) is 19.0 Å². The van der Waals surface area contributed by atoms with Gasteiger partial charge in [0.15, 0.2) is 0 Å². The van der Waals surface area contributed by atoms with Gasteiger partial charge >= 0.3 is 5.97 Å². The number of carbonyl (C=O) groups is 1. The average Bonchev–Trinajstić information content (AvgIpc) is 2.28. The summed E-state index contributed by atoms with van der Waals surface area (Å²) < 4.78 is 5.02. The number of aliphatic carboxylic acids is 1. The van der Waals surface area contributed by atoms with Gasteiger partial charge in [0.2, 0.25) is 0 Å². The first-order valence-corrected chi connectivity index (χ1v) is 4.71. The molecule has 1 rings (SSSR count). The molecule has 84 valence electrons. The molecule has 0 spiro atoms. The van der Waals surface area contributed by atoms with Crippen molar-refractivity contribution in [3.63, 3.8) is 0 Å². The van der Waals surface area contributed by atoms with Crippen LogP contribution in [0.15, 0.2) is 18.2 Å². The third kappa shape index (κ3) is 3.17. The molecule has 0 bridgehead atoms. The molecule has 2 N–H and O–H groups in total. The van der Waals surface area contributed by atoms with Gasteiger partial charge in [-0.05, 0) is 12.1 Å². The van der Waals surface area contributed by atoms with Gasteiger partial charge < -0.3 is 15.2 Å². The number of ether oxygens (including phenoxy) is 1. The van der Waals surface area contributed by atoms with Crippen LogP contribution >= 0.6 is 0 Å². The van der Waals surface area contributed by atoms with Crippen molar-refractivity contribution in [1.82, 2.24) is 0 Å². The maximum absolute atomic E-state index is 10.3. The fourth-order valence-corrected chi connectivity index (χ4v) is 1.20. The number of nitrogens with zero attached hydrogens (tertiary/aromatic N) is 1. The van der Waals surface area contributed by atoms with Gasteiger partial charge in [0.05, 0.1) is 24.8 Å². The minimum absolute atomic E-state index is 0.00206. The van der Waals surface area contributed by atoms with E-state index in [1.54, 1.807) is 18.2 Å². The van der Waals surface area contributed by atoms with Crippen molar-refractivity contribution in [1.29, 1.82) is 5.26 Å². The topological polar surface area (TPSA) is 82.3 Å². The van der Waals surface area contributed by atoms with Gasteiger partial charge in [-0.1, -0.05) is 0 Å². The van der Waals surface area contributed by atoms with Crippen LogP contribution in [-0.2, 0) is 4.79 Å². The van der Waals surface area contributed by atoms with Gasteiger partial charge in [0.1, 0.15) is 11.8 Å². The van der Waals surface area contributed by atoms with E-state index in [1.807, 2.05) is 6.07 Å². The van der Waals surface area contributed by atoms with Crippen LogP contribution in [0.25, 0.3) is 0 Å². The fraction of sp³-hybridized carbons (Fsp3) is 0.273. The number of carboxylic acids is 1. The smallest absolute Gasteiger partial charge is 0.305 e. The number of hydrogen-bond acceptors (Lipinski definition) is 4. The second-order valence-corrected chi connectivity index (χ2v) is 3.09. The Labute approximate surface area is 93.3 Å². The summed E-state index contributed by atoms with van der Waals surface area (Å²) >= 11 is 0. The van der Waals surface area contributed by atoms with Crippen molar-refractivity contribution in [3.05, 3.63) is 23.8 Å². The Morgan fingerprint density at radius 3 is 2.94 bits per heavy atom. The average molecular weight is 220 g/mol. The molecule has 0 fully saturated rings. The molecule has 0 aliphatic carbocycles. The number of benzene rings is 1. The number of methoxy groups -OCH3 is 1. The van der Waals surface area contributed by atoms with Gasteiger partial charge in [-0.3, -0.25) is 4.79 Å². The highest BCUT2D eigenvalue weighted by atomic mass is 16.5. The van der Waals surface area contributed by atoms with Gasteiger partial charge in [-0.2, -0.15) is 5.26 Å². The number of hydrogen-bond donors (Lipinski definition) is 2. The van der Waals surface area contributed by atoms with Crippen molar-refractivity contribution >= 4 is 11.7 Å².